The summed E-state index contributed by atoms with van der Waals surface area (Å²) in [5, 5.41) is 102. The van der Waals surface area contributed by atoms with Crippen LogP contribution in [-0.2, 0) is 33.3 Å². The summed E-state index contributed by atoms with van der Waals surface area (Å²) in [5.41, 5.74) is 27.4. The number of nitrogens with two attached hydrogens (primary N) is 5. The first-order valence-corrected chi connectivity index (χ1v) is 17.7. The molecular formula is C30H53N9O17. The number of rotatable bonds is 15. The fraction of sp³-hybridized carbons (Fsp3) is 0.833. The molecule has 18 atom stereocenters. The van der Waals surface area contributed by atoms with Crippen molar-refractivity contribution < 1.29 is 84.0 Å². The molecule has 3 heterocycles. The van der Waals surface area contributed by atoms with Crippen LogP contribution in [0.4, 0.5) is 4.79 Å². The monoisotopic (exact) mass is 811 g/mol. The van der Waals surface area contributed by atoms with Gasteiger partial charge < -0.3 is 109 Å². The minimum absolute atomic E-state index is 0.0727. The molecule has 21 N–H and O–H groups in total. The second kappa shape index (κ2) is 19.7. The van der Waals surface area contributed by atoms with Gasteiger partial charge in [0.25, 0.3) is 0 Å². The highest BCUT2D eigenvalue weighted by atomic mass is 16.7. The van der Waals surface area contributed by atoms with E-state index in [1.165, 1.54) is 0 Å². The molecule has 0 aromatic heterocycles. The van der Waals surface area contributed by atoms with Gasteiger partial charge in [-0.2, -0.15) is 0 Å². The lowest BCUT2D eigenvalue weighted by Crippen LogP contribution is -2.72. The van der Waals surface area contributed by atoms with Gasteiger partial charge in [0, 0.05) is 13.0 Å². The first kappa shape index (κ1) is 45.1. The second-order valence-corrected chi connectivity index (χ2v) is 13.8. The predicted molar refractivity (Wildman–Crippen MR) is 184 cm³/mol. The van der Waals surface area contributed by atoms with E-state index in [1.54, 1.807) is 0 Å². The Morgan fingerprint density at radius 1 is 0.786 bits per heavy atom. The first-order chi connectivity index (χ1) is 26.4. The third-order valence-electron chi connectivity index (χ3n) is 9.84. The van der Waals surface area contributed by atoms with Gasteiger partial charge in [-0.15, -0.1) is 0 Å². The van der Waals surface area contributed by atoms with Crippen molar-refractivity contribution in [1.29, 1.82) is 0 Å². The number of guanidine groups is 1. The predicted octanol–water partition coefficient (Wildman–Crippen LogP) is -9.93. The molecule has 1 aliphatic carbocycles. The van der Waals surface area contributed by atoms with E-state index in [-0.39, 0.29) is 37.6 Å². The lowest BCUT2D eigenvalue weighted by Gasteiger charge is -2.49. The Bertz CT molecular complexity index is 1410. The second-order valence-electron chi connectivity index (χ2n) is 13.8. The van der Waals surface area contributed by atoms with Crippen molar-refractivity contribution in [1.82, 2.24) is 10.6 Å². The molecule has 1 saturated carbocycles. The fourth-order valence-corrected chi connectivity index (χ4v) is 6.78. The highest BCUT2D eigenvalue weighted by Crippen LogP contribution is 2.33. The van der Waals surface area contributed by atoms with Gasteiger partial charge in [0.1, 0.15) is 79.2 Å². The highest BCUT2D eigenvalue weighted by Gasteiger charge is 2.57. The van der Waals surface area contributed by atoms with Gasteiger partial charge in [-0.05, 0) is 19.3 Å². The summed E-state index contributed by atoms with van der Waals surface area (Å²) >= 11 is 0. The fourth-order valence-electron chi connectivity index (χ4n) is 6.78. The van der Waals surface area contributed by atoms with Gasteiger partial charge in [0.2, 0.25) is 11.8 Å². The average Bonchev–Trinajstić information content (AvgIpc) is 3.60. The van der Waals surface area contributed by atoms with Crippen LogP contribution in [-0.4, -0.2) is 205 Å². The molecule has 56 heavy (non-hydrogen) atoms. The molecular weight excluding hydrogens is 758 g/mol. The Balaban J connectivity index is 1.52. The van der Waals surface area contributed by atoms with E-state index in [0.717, 1.165) is 0 Å². The summed E-state index contributed by atoms with van der Waals surface area (Å²) in [6.45, 7) is -1.68. The minimum atomic E-state index is -2.16. The number of ether oxygens (including phenoxy) is 5. The summed E-state index contributed by atoms with van der Waals surface area (Å²) < 4.78 is 27.7. The van der Waals surface area contributed by atoms with E-state index in [2.05, 4.69) is 20.6 Å². The van der Waals surface area contributed by atoms with Crippen LogP contribution in [0.3, 0.4) is 0 Å². The zero-order valence-electron chi connectivity index (χ0n) is 29.9. The van der Waals surface area contributed by atoms with Crippen molar-refractivity contribution >= 4 is 29.7 Å². The van der Waals surface area contributed by atoms with Crippen LogP contribution in [0.1, 0.15) is 25.7 Å². The SMILES string of the molecule is NC(=O)O[C@H]1[C@H](O)[C@H](O)[C@H](NC(=O)[C@H]2CCC(N)=N2)[C@@H](O)[C@@H]1O[C@H]1O[C@@H](CO)[C@@H](O[C@@H]2O[C@H](CO)[C@H](O)[C@H](O)[C@@H]2NC(=O)[C@H](N)CCCN=C(N)N)[C@@H](O)[C@H]1O. The first-order valence-electron chi connectivity index (χ1n) is 17.7. The Morgan fingerprint density at radius 2 is 1.39 bits per heavy atom. The van der Waals surface area contributed by atoms with E-state index in [9.17, 15) is 60.3 Å². The van der Waals surface area contributed by atoms with Gasteiger partial charge in [-0.1, -0.05) is 0 Å². The topological polar surface area (TPSA) is 458 Å². The summed E-state index contributed by atoms with van der Waals surface area (Å²) in [6, 6.07) is -5.50. The Kier molecular flexibility index (Phi) is 15.9. The van der Waals surface area contributed by atoms with Crippen LogP contribution in [0.2, 0.25) is 0 Å². The Labute approximate surface area is 318 Å². The number of aliphatic hydroxyl groups excluding tert-OH is 9. The van der Waals surface area contributed by atoms with Crippen molar-refractivity contribution in [2.45, 2.75) is 136 Å². The quantitative estimate of drug-likeness (QED) is 0.0415. The van der Waals surface area contributed by atoms with E-state index in [4.69, 9.17) is 52.4 Å². The van der Waals surface area contributed by atoms with Crippen LogP contribution < -0.4 is 39.3 Å². The molecule has 320 valence electrons. The standard InChI is InChI=1S/C30H53N9O17/c31-8(2-1-5-36-29(33)34)25(49)39-14-17(44)15(42)10(6-40)52-27(14)54-22-11(7-41)53-28(21(48)20(22)47)55-23-18(45)13(16(43)19(46)24(23)56-30(35)51)38-26(50)9-3-4-12(32)37-9/h8-11,13-24,27-28,40-48H,1-7,31H2,(H2,32,37)(H2,35,51)(H,38,50)(H,39,49)(H4,33,34,36)/t8-,9-,10-,11+,13+,14+,15+,16-,17-,18-,19-,20+,21-,22-,23+,24+,27+,28-/m1/s1. The van der Waals surface area contributed by atoms with E-state index >= 15 is 0 Å². The summed E-state index contributed by atoms with van der Waals surface area (Å²) in [6.07, 6.45) is -27.2. The number of amides is 3. The largest absolute Gasteiger partial charge is 0.441 e. The zero-order valence-corrected chi connectivity index (χ0v) is 29.9. The number of nitrogens with one attached hydrogen (secondary N) is 2. The molecule has 26 nitrogen and oxygen atoms in total. The normalized spacial score (nSPS) is 40.5. The molecule has 3 aliphatic heterocycles. The molecule has 3 fully saturated rings. The molecule has 3 amide bonds. The number of amidine groups is 1. The molecule has 4 rings (SSSR count). The molecule has 0 unspecified atom stereocenters. The molecule has 0 radical (unpaired) electrons. The number of aliphatic imine (C=N–C) groups is 2. The molecule has 0 spiro atoms. The Morgan fingerprint density at radius 3 is 1.98 bits per heavy atom. The van der Waals surface area contributed by atoms with Crippen LogP contribution in [0.15, 0.2) is 9.98 Å². The number of nitrogens with zero attached hydrogens (tertiary/aromatic N) is 2. The van der Waals surface area contributed by atoms with Crippen molar-refractivity contribution in [2.75, 3.05) is 19.8 Å². The molecule has 2 saturated heterocycles. The van der Waals surface area contributed by atoms with Crippen LogP contribution in [0, 0.1) is 0 Å². The number of hydrogen-bond donors (Lipinski definition) is 16. The lowest BCUT2D eigenvalue weighted by molar-refractivity contribution is -0.361. The molecule has 4 aliphatic rings. The van der Waals surface area contributed by atoms with Crippen LogP contribution >= 0.6 is 0 Å². The van der Waals surface area contributed by atoms with Crippen molar-refractivity contribution in [3.63, 3.8) is 0 Å². The molecule has 0 aromatic carbocycles. The van der Waals surface area contributed by atoms with Crippen LogP contribution in [0.5, 0.6) is 0 Å². The summed E-state index contributed by atoms with van der Waals surface area (Å²) in [7, 11) is 0. The van der Waals surface area contributed by atoms with Gasteiger partial charge in [-0.25, -0.2) is 4.79 Å². The van der Waals surface area contributed by atoms with Gasteiger partial charge >= 0.3 is 6.09 Å². The van der Waals surface area contributed by atoms with E-state index < -0.39 is 141 Å². The van der Waals surface area contributed by atoms with Crippen molar-refractivity contribution in [3.05, 3.63) is 0 Å². The maximum Gasteiger partial charge on any atom is 0.404 e. The third kappa shape index (κ3) is 10.5. The van der Waals surface area contributed by atoms with Gasteiger partial charge in [0.15, 0.2) is 24.6 Å². The average molecular weight is 812 g/mol. The number of aliphatic hydroxyl groups is 9. The molecule has 0 aromatic rings. The third-order valence-corrected chi connectivity index (χ3v) is 9.84. The number of carbonyl (C=O) groups is 3. The van der Waals surface area contributed by atoms with Crippen molar-refractivity contribution in [3.8, 4) is 0 Å². The van der Waals surface area contributed by atoms with Crippen LogP contribution in [0.25, 0.3) is 0 Å². The van der Waals surface area contributed by atoms with Gasteiger partial charge in [-0.3, -0.25) is 19.6 Å². The summed E-state index contributed by atoms with van der Waals surface area (Å²) in [5.74, 6) is -1.61. The smallest absolute Gasteiger partial charge is 0.404 e. The number of hydrogen-bond acceptors (Lipinski definition) is 21. The Hall–Kier alpha value is -3.61. The maximum atomic E-state index is 13.0. The lowest BCUT2D eigenvalue weighted by atomic mass is 9.82. The zero-order chi connectivity index (χ0) is 41.6. The van der Waals surface area contributed by atoms with E-state index in [1.807, 2.05) is 0 Å². The van der Waals surface area contributed by atoms with E-state index in [0.29, 0.717) is 6.42 Å². The van der Waals surface area contributed by atoms with Crippen molar-refractivity contribution in [2.24, 2.45) is 38.7 Å². The minimum Gasteiger partial charge on any atom is -0.441 e. The number of carbonyl (C=O) groups excluding carboxylic acids is 3. The van der Waals surface area contributed by atoms with Gasteiger partial charge in [0.05, 0.1) is 31.1 Å². The highest BCUT2D eigenvalue weighted by molar-refractivity contribution is 5.91. The summed E-state index contributed by atoms with van der Waals surface area (Å²) in [4.78, 5) is 45.4. The molecule has 0 bridgehead atoms. The molecule has 26 heteroatoms. The number of primary amides is 1. The maximum absolute atomic E-state index is 13.0.